The fourth-order valence-corrected chi connectivity index (χ4v) is 1.82. The Hall–Kier alpha value is -0.730. The normalized spacial score (nSPS) is 11.6. The maximum Gasteiger partial charge on any atom is 0.122 e. The Kier molecular flexibility index (Phi) is 5.29. The first-order chi connectivity index (χ1) is 7.92. The predicted molar refractivity (Wildman–Crippen MR) is 74.0 cm³/mol. The molecule has 0 heterocycles. The summed E-state index contributed by atoms with van der Waals surface area (Å²) in [5.41, 5.74) is 1.47. The van der Waals surface area contributed by atoms with Crippen LogP contribution in [-0.2, 0) is 6.42 Å². The lowest BCUT2D eigenvalue weighted by molar-refractivity contribution is 0.379. The van der Waals surface area contributed by atoms with Crippen molar-refractivity contribution in [3.63, 3.8) is 0 Å². The molecule has 0 bridgehead atoms. The fraction of sp³-hybridized carbons (Fsp3) is 0.571. The third-order valence-corrected chi connectivity index (χ3v) is 2.70. The Morgan fingerprint density at radius 2 is 2.00 bits per heavy atom. The van der Waals surface area contributed by atoms with E-state index in [1.54, 1.807) is 7.11 Å². The highest BCUT2D eigenvalue weighted by Gasteiger charge is 2.09. The van der Waals surface area contributed by atoms with Crippen molar-refractivity contribution in [2.75, 3.05) is 20.2 Å². The van der Waals surface area contributed by atoms with Crippen LogP contribution in [0.3, 0.4) is 0 Å². The molecule has 1 aromatic rings. The summed E-state index contributed by atoms with van der Waals surface area (Å²) in [5, 5.41) is 4.21. The highest BCUT2D eigenvalue weighted by atomic mass is 35.5. The molecule has 96 valence electrons. The monoisotopic (exact) mass is 255 g/mol. The summed E-state index contributed by atoms with van der Waals surface area (Å²) in [5.74, 6) is 0.909. The first-order valence-electron chi connectivity index (χ1n) is 5.95. The van der Waals surface area contributed by atoms with Gasteiger partial charge in [-0.3, -0.25) is 0 Å². The number of hydrogen-bond donors (Lipinski definition) is 1. The third kappa shape index (κ3) is 5.42. The average Bonchev–Trinajstić information content (AvgIpc) is 2.23. The maximum absolute atomic E-state index is 5.98. The van der Waals surface area contributed by atoms with Crippen LogP contribution in [0.2, 0.25) is 5.02 Å². The molecule has 0 aromatic heterocycles. The molecule has 0 aliphatic carbocycles. The molecule has 17 heavy (non-hydrogen) atoms. The van der Waals surface area contributed by atoms with E-state index in [2.05, 4.69) is 26.1 Å². The zero-order valence-corrected chi connectivity index (χ0v) is 11.9. The van der Waals surface area contributed by atoms with Crippen molar-refractivity contribution in [3.8, 4) is 5.75 Å². The molecule has 0 fully saturated rings. The van der Waals surface area contributed by atoms with Crippen LogP contribution in [0.1, 0.15) is 26.3 Å². The fourth-order valence-electron chi connectivity index (χ4n) is 1.63. The van der Waals surface area contributed by atoms with Gasteiger partial charge in [0.1, 0.15) is 5.75 Å². The molecule has 0 unspecified atom stereocenters. The quantitative estimate of drug-likeness (QED) is 0.813. The minimum Gasteiger partial charge on any atom is -0.496 e. The van der Waals surface area contributed by atoms with Crippen LogP contribution in [0, 0.1) is 5.41 Å². The zero-order valence-electron chi connectivity index (χ0n) is 11.1. The largest absolute Gasteiger partial charge is 0.496 e. The second-order valence-corrected chi connectivity index (χ2v) is 5.88. The molecule has 1 rings (SSSR count). The van der Waals surface area contributed by atoms with Crippen LogP contribution in [0.15, 0.2) is 18.2 Å². The van der Waals surface area contributed by atoms with E-state index in [4.69, 9.17) is 16.3 Å². The van der Waals surface area contributed by atoms with Crippen LogP contribution in [0.25, 0.3) is 0 Å². The Balaban J connectivity index is 2.48. The van der Waals surface area contributed by atoms with E-state index in [0.29, 0.717) is 5.41 Å². The van der Waals surface area contributed by atoms with Crippen LogP contribution in [0.4, 0.5) is 0 Å². The van der Waals surface area contributed by atoms with Gasteiger partial charge >= 0.3 is 0 Å². The van der Waals surface area contributed by atoms with E-state index in [-0.39, 0.29) is 0 Å². The Bertz CT molecular complexity index is 358. The molecule has 0 saturated carbocycles. The van der Waals surface area contributed by atoms with Crippen molar-refractivity contribution < 1.29 is 4.74 Å². The summed E-state index contributed by atoms with van der Waals surface area (Å²) in [7, 11) is 1.69. The first-order valence-corrected chi connectivity index (χ1v) is 6.33. The summed E-state index contributed by atoms with van der Waals surface area (Å²) >= 11 is 5.98. The van der Waals surface area contributed by atoms with Crippen molar-refractivity contribution >= 4 is 11.6 Å². The molecule has 2 nitrogen and oxygen atoms in total. The topological polar surface area (TPSA) is 21.3 Å². The van der Waals surface area contributed by atoms with Gasteiger partial charge in [0, 0.05) is 11.6 Å². The van der Waals surface area contributed by atoms with Gasteiger partial charge in [0.2, 0.25) is 0 Å². The standard InChI is InChI=1S/C14H22ClNO/c1-14(2,3)10-16-8-7-11-9-12(15)5-6-13(11)17-4/h5-6,9,16H,7-8,10H2,1-4H3. The Morgan fingerprint density at radius 1 is 1.29 bits per heavy atom. The van der Waals surface area contributed by atoms with Gasteiger partial charge in [-0.25, -0.2) is 0 Å². The molecule has 0 spiro atoms. The summed E-state index contributed by atoms with van der Waals surface area (Å²) < 4.78 is 5.31. The van der Waals surface area contributed by atoms with Gasteiger partial charge in [0.15, 0.2) is 0 Å². The van der Waals surface area contributed by atoms with Gasteiger partial charge in [-0.05, 0) is 42.1 Å². The van der Waals surface area contributed by atoms with Gasteiger partial charge in [-0.15, -0.1) is 0 Å². The van der Waals surface area contributed by atoms with Crippen LogP contribution in [-0.4, -0.2) is 20.2 Å². The minimum absolute atomic E-state index is 0.318. The van der Waals surface area contributed by atoms with Crippen molar-refractivity contribution in [3.05, 3.63) is 28.8 Å². The second-order valence-electron chi connectivity index (χ2n) is 5.44. The van der Waals surface area contributed by atoms with Crippen molar-refractivity contribution in [1.29, 1.82) is 0 Å². The molecular formula is C14H22ClNO. The van der Waals surface area contributed by atoms with Crippen LogP contribution >= 0.6 is 11.6 Å². The van der Waals surface area contributed by atoms with Gasteiger partial charge in [-0.1, -0.05) is 32.4 Å². The van der Waals surface area contributed by atoms with E-state index in [0.717, 1.165) is 35.8 Å². The maximum atomic E-state index is 5.98. The molecule has 1 N–H and O–H groups in total. The molecule has 3 heteroatoms. The lowest BCUT2D eigenvalue weighted by Gasteiger charge is -2.19. The smallest absolute Gasteiger partial charge is 0.122 e. The van der Waals surface area contributed by atoms with E-state index < -0.39 is 0 Å². The molecule has 0 atom stereocenters. The van der Waals surface area contributed by atoms with E-state index in [1.165, 1.54) is 0 Å². The Morgan fingerprint density at radius 3 is 2.59 bits per heavy atom. The highest BCUT2D eigenvalue weighted by Crippen LogP contribution is 2.22. The first kappa shape index (κ1) is 14.3. The second kappa shape index (κ2) is 6.27. The van der Waals surface area contributed by atoms with Crippen LogP contribution < -0.4 is 10.1 Å². The summed E-state index contributed by atoms with van der Waals surface area (Å²) in [6.07, 6.45) is 0.930. The summed E-state index contributed by atoms with van der Waals surface area (Å²) in [4.78, 5) is 0. The number of benzene rings is 1. The number of methoxy groups -OCH3 is 1. The van der Waals surface area contributed by atoms with E-state index in [9.17, 15) is 0 Å². The number of hydrogen-bond acceptors (Lipinski definition) is 2. The van der Waals surface area contributed by atoms with Gasteiger partial charge in [-0.2, -0.15) is 0 Å². The lowest BCUT2D eigenvalue weighted by Crippen LogP contribution is -2.28. The van der Waals surface area contributed by atoms with Crippen molar-refractivity contribution in [2.24, 2.45) is 5.41 Å². The third-order valence-electron chi connectivity index (χ3n) is 2.47. The highest BCUT2D eigenvalue weighted by molar-refractivity contribution is 6.30. The van der Waals surface area contributed by atoms with Gasteiger partial charge in [0.25, 0.3) is 0 Å². The molecule has 0 aliphatic rings. The lowest BCUT2D eigenvalue weighted by atomic mass is 9.97. The SMILES string of the molecule is COc1ccc(Cl)cc1CCNCC(C)(C)C. The Labute approximate surface area is 109 Å². The molecule has 0 aliphatic heterocycles. The molecule has 1 aromatic carbocycles. The van der Waals surface area contributed by atoms with Crippen molar-refractivity contribution in [1.82, 2.24) is 5.32 Å². The molecule has 0 amide bonds. The molecular weight excluding hydrogens is 234 g/mol. The predicted octanol–water partition coefficient (Wildman–Crippen LogP) is 3.53. The van der Waals surface area contributed by atoms with Crippen LogP contribution in [0.5, 0.6) is 5.75 Å². The molecule has 0 radical (unpaired) electrons. The van der Waals surface area contributed by atoms with Gasteiger partial charge < -0.3 is 10.1 Å². The number of rotatable bonds is 5. The number of halogens is 1. The average molecular weight is 256 g/mol. The van der Waals surface area contributed by atoms with Crippen molar-refractivity contribution in [2.45, 2.75) is 27.2 Å². The van der Waals surface area contributed by atoms with E-state index in [1.807, 2.05) is 18.2 Å². The number of nitrogens with one attached hydrogen (secondary N) is 1. The minimum atomic E-state index is 0.318. The zero-order chi connectivity index (χ0) is 12.9. The summed E-state index contributed by atoms with van der Waals surface area (Å²) in [6, 6.07) is 5.74. The number of ether oxygens (including phenoxy) is 1. The molecule has 0 saturated heterocycles. The van der Waals surface area contributed by atoms with Gasteiger partial charge in [0.05, 0.1) is 7.11 Å². The van der Waals surface area contributed by atoms with E-state index >= 15 is 0 Å². The summed E-state index contributed by atoms with van der Waals surface area (Å²) in [6.45, 7) is 8.61.